The maximum Gasteiger partial charge on any atom is 0.254 e. The number of nitriles is 1. The number of fused-ring (bicyclic) bond motifs is 2. The first-order valence-electron chi connectivity index (χ1n) is 23.6. The van der Waals surface area contributed by atoms with E-state index < -0.39 is 23.6 Å². The van der Waals surface area contributed by atoms with Gasteiger partial charge in [-0.05, 0) is 128 Å². The Kier molecular flexibility index (Phi) is 15.8. The summed E-state index contributed by atoms with van der Waals surface area (Å²) in [5, 5.41) is 34.7. The van der Waals surface area contributed by atoms with Crippen molar-refractivity contribution in [2.75, 3.05) is 19.8 Å². The molecule has 2 N–H and O–H groups in total. The van der Waals surface area contributed by atoms with Crippen molar-refractivity contribution in [3.63, 3.8) is 0 Å². The lowest BCUT2D eigenvalue weighted by atomic mass is 9.55. The van der Waals surface area contributed by atoms with Crippen molar-refractivity contribution in [1.82, 2.24) is 9.88 Å². The number of hydrogen-bond donors (Lipinski definition) is 2. The molecule has 0 saturated heterocycles. The molecule has 4 aromatic carbocycles. The molecule has 0 spiro atoms. The van der Waals surface area contributed by atoms with Gasteiger partial charge < -0.3 is 34.2 Å². The molecule has 5 aromatic rings. The van der Waals surface area contributed by atoms with Gasteiger partial charge in [0, 0.05) is 48.9 Å². The van der Waals surface area contributed by atoms with E-state index in [0.717, 1.165) is 53.8 Å². The molecular weight excluding hydrogens is 860 g/mol. The standard InChI is InChI=1S/C56H59FN4O7/c1-3-30-66-56-52(61(35-40-20-24-44(57)25-21-40)55(64)42-22-18-39(34-58)19-23-42)33-50(60-67-36-41-13-5-4-6-14-41)48-31-43(15-7-9-28-62)47(17-8-10-29-63)53(54(48)56)49-32-46(26-27-51(49)68-56)65-37-45-16-11-12-38(2)59-45/h3-6,11-14,16,18-27,31-32,43,47,52-54,62-63H,1,7-10,15,17,28-30,33,35-37H2,2H3. The zero-order valence-electron chi connectivity index (χ0n) is 38.5. The number of pyridine rings is 1. The van der Waals surface area contributed by atoms with Crippen molar-refractivity contribution < 1.29 is 38.4 Å². The summed E-state index contributed by atoms with van der Waals surface area (Å²) in [5.74, 6) is -1.93. The van der Waals surface area contributed by atoms with Crippen molar-refractivity contribution in [2.45, 2.75) is 89.4 Å². The van der Waals surface area contributed by atoms with Gasteiger partial charge in [-0.25, -0.2) is 4.39 Å². The van der Waals surface area contributed by atoms with Crippen LogP contribution in [-0.4, -0.2) is 63.4 Å². The highest BCUT2D eigenvalue weighted by molar-refractivity contribution is 6.03. The van der Waals surface area contributed by atoms with Gasteiger partial charge in [0.1, 0.15) is 36.6 Å². The molecule has 2 aliphatic carbocycles. The second kappa shape index (κ2) is 22.4. The van der Waals surface area contributed by atoms with Crippen molar-refractivity contribution in [1.29, 1.82) is 5.26 Å². The molecule has 6 unspecified atom stereocenters. The molecule has 6 atom stereocenters. The second-order valence-corrected chi connectivity index (χ2v) is 17.8. The Bertz CT molecular complexity index is 2610. The van der Waals surface area contributed by atoms with E-state index in [0.29, 0.717) is 46.7 Å². The van der Waals surface area contributed by atoms with E-state index in [1.807, 2.05) is 67.6 Å². The molecule has 68 heavy (non-hydrogen) atoms. The Hall–Kier alpha value is -6.65. The third-order valence-electron chi connectivity index (χ3n) is 13.4. The van der Waals surface area contributed by atoms with Crippen LogP contribution in [0.3, 0.4) is 0 Å². The molecule has 1 amide bonds. The predicted octanol–water partition coefficient (Wildman–Crippen LogP) is 10.2. The van der Waals surface area contributed by atoms with Crippen molar-refractivity contribution >= 4 is 11.6 Å². The lowest BCUT2D eigenvalue weighted by Crippen LogP contribution is -2.70. The van der Waals surface area contributed by atoms with Crippen LogP contribution in [0.2, 0.25) is 0 Å². The number of aromatic nitrogens is 1. The number of aryl methyl sites for hydroxylation is 1. The maximum absolute atomic E-state index is 15.4. The summed E-state index contributed by atoms with van der Waals surface area (Å²) >= 11 is 0. The summed E-state index contributed by atoms with van der Waals surface area (Å²) in [6.07, 6.45) is 8.50. The summed E-state index contributed by atoms with van der Waals surface area (Å²) in [4.78, 5) is 28.1. The largest absolute Gasteiger partial charge is 0.487 e. The fourth-order valence-electron chi connectivity index (χ4n) is 10.3. The molecule has 3 aliphatic rings. The van der Waals surface area contributed by atoms with Gasteiger partial charge in [0.25, 0.3) is 5.91 Å². The molecule has 0 bridgehead atoms. The summed E-state index contributed by atoms with van der Waals surface area (Å²) in [7, 11) is 0. The summed E-state index contributed by atoms with van der Waals surface area (Å²) in [5.41, 5.74) is 6.51. The van der Waals surface area contributed by atoms with Crippen LogP contribution in [0.15, 0.2) is 145 Å². The number of rotatable bonds is 21. The van der Waals surface area contributed by atoms with Crippen molar-refractivity contribution in [3.8, 4) is 17.6 Å². The Morgan fingerprint density at radius 1 is 0.941 bits per heavy atom. The number of amides is 1. The predicted molar refractivity (Wildman–Crippen MR) is 257 cm³/mol. The first-order valence-corrected chi connectivity index (χ1v) is 23.6. The number of hydrogen-bond acceptors (Lipinski definition) is 10. The minimum absolute atomic E-state index is 0.0120. The van der Waals surface area contributed by atoms with E-state index >= 15 is 4.79 Å². The molecule has 11 nitrogen and oxygen atoms in total. The molecule has 1 saturated carbocycles. The molecule has 12 heteroatoms. The van der Waals surface area contributed by atoms with Gasteiger partial charge in [-0.3, -0.25) is 9.78 Å². The number of unbranched alkanes of at least 4 members (excludes halogenated alkanes) is 2. The third-order valence-corrected chi connectivity index (χ3v) is 13.4. The van der Waals surface area contributed by atoms with E-state index in [2.05, 4.69) is 29.8 Å². The smallest absolute Gasteiger partial charge is 0.254 e. The number of carbonyl (C=O) groups is 1. The van der Waals surface area contributed by atoms with Crippen LogP contribution in [0.5, 0.6) is 11.5 Å². The van der Waals surface area contributed by atoms with E-state index in [-0.39, 0.29) is 69.7 Å². The number of nitrogens with zero attached hydrogens (tertiary/aromatic N) is 4. The number of aliphatic hydroxyl groups is 2. The minimum Gasteiger partial charge on any atom is -0.487 e. The molecule has 1 aliphatic heterocycles. The molecular formula is C56H59FN4O7. The zero-order chi connectivity index (χ0) is 47.5. The fraction of sp³-hybridized carbons (Fsp3) is 0.357. The highest BCUT2D eigenvalue weighted by Gasteiger charge is 2.65. The van der Waals surface area contributed by atoms with E-state index in [9.17, 15) is 19.9 Å². The van der Waals surface area contributed by atoms with Crippen LogP contribution in [0.1, 0.15) is 94.9 Å². The number of carbonyl (C=O) groups excluding carboxylic acids is 1. The van der Waals surface area contributed by atoms with Crippen LogP contribution < -0.4 is 9.47 Å². The molecule has 0 radical (unpaired) electrons. The Morgan fingerprint density at radius 2 is 1.71 bits per heavy atom. The Balaban J connectivity index is 1.34. The third kappa shape index (κ3) is 10.7. The van der Waals surface area contributed by atoms with Crippen molar-refractivity contribution in [3.05, 3.63) is 185 Å². The quantitative estimate of drug-likeness (QED) is 0.0417. The van der Waals surface area contributed by atoms with Gasteiger partial charge in [0.2, 0.25) is 5.79 Å². The zero-order valence-corrected chi connectivity index (χ0v) is 38.5. The van der Waals surface area contributed by atoms with Crippen LogP contribution >= 0.6 is 0 Å². The number of aliphatic hydroxyl groups excluding tert-OH is 2. The van der Waals surface area contributed by atoms with E-state index in [4.69, 9.17) is 24.2 Å². The lowest BCUT2D eigenvalue weighted by molar-refractivity contribution is -0.255. The van der Waals surface area contributed by atoms with Crippen LogP contribution in [0, 0.1) is 41.8 Å². The first kappa shape index (κ1) is 47.8. The maximum atomic E-state index is 15.4. The van der Waals surface area contributed by atoms with Gasteiger partial charge in [-0.2, -0.15) is 5.26 Å². The van der Waals surface area contributed by atoms with Gasteiger partial charge in [-0.15, -0.1) is 6.58 Å². The normalized spacial score (nSPS) is 21.9. The average Bonchev–Trinajstić information content (AvgIpc) is 3.36. The number of benzene rings is 4. The molecule has 2 heterocycles. The number of oxime groups is 1. The summed E-state index contributed by atoms with van der Waals surface area (Å²) in [6, 6.07) is 35.4. The number of allylic oxidation sites excluding steroid dienone is 1. The van der Waals surface area contributed by atoms with E-state index in [1.54, 1.807) is 47.4 Å². The molecule has 352 valence electrons. The SMILES string of the molecule is C=CCOC12Oc3ccc(OCc4cccc(C)n4)cc3C3C(CCCCO)C(CCCCO)C=C(C(=NOCc4ccccc4)CC1N(Cc1ccc(F)cc1)C(=O)c1ccc(C#N)cc1)C32. The summed E-state index contributed by atoms with van der Waals surface area (Å²) < 4.78 is 35.6. The Labute approximate surface area is 398 Å². The highest BCUT2D eigenvalue weighted by Crippen LogP contribution is 2.62. The van der Waals surface area contributed by atoms with Gasteiger partial charge in [0.05, 0.1) is 35.6 Å². The van der Waals surface area contributed by atoms with E-state index in [1.165, 1.54) is 12.1 Å². The lowest BCUT2D eigenvalue weighted by Gasteiger charge is -2.60. The van der Waals surface area contributed by atoms with Gasteiger partial charge >= 0.3 is 0 Å². The minimum atomic E-state index is -1.54. The molecule has 1 fully saturated rings. The highest BCUT2D eigenvalue weighted by atomic mass is 19.1. The Morgan fingerprint density at radius 3 is 2.43 bits per heavy atom. The monoisotopic (exact) mass is 918 g/mol. The first-order chi connectivity index (χ1) is 33.2. The second-order valence-electron chi connectivity index (χ2n) is 17.8. The van der Waals surface area contributed by atoms with Crippen LogP contribution in [0.4, 0.5) is 4.39 Å². The van der Waals surface area contributed by atoms with Gasteiger partial charge in [0.15, 0.2) is 0 Å². The average molecular weight is 919 g/mol. The summed E-state index contributed by atoms with van der Waals surface area (Å²) in [6.45, 7) is 6.73. The van der Waals surface area contributed by atoms with Gasteiger partial charge in [-0.1, -0.05) is 78.7 Å². The van der Waals surface area contributed by atoms with Crippen LogP contribution in [-0.2, 0) is 29.3 Å². The topological polar surface area (TPSA) is 147 Å². The number of ether oxygens (including phenoxy) is 3. The van der Waals surface area contributed by atoms with Crippen molar-refractivity contribution in [2.24, 2.45) is 22.9 Å². The molecule has 1 aromatic heterocycles. The number of halogens is 1. The van der Waals surface area contributed by atoms with Crippen LogP contribution in [0.25, 0.3) is 0 Å². The molecule has 8 rings (SSSR count). The fourth-order valence-corrected chi connectivity index (χ4v) is 10.3.